The number of anilines is 1. The van der Waals surface area contributed by atoms with E-state index in [-0.39, 0.29) is 12.0 Å². The molecule has 0 saturated carbocycles. The Hall–Kier alpha value is -2.50. The summed E-state index contributed by atoms with van der Waals surface area (Å²) in [5.74, 6) is 0.553. The maximum Gasteiger partial charge on any atom is 0.409 e. The van der Waals surface area contributed by atoms with E-state index < -0.39 is 0 Å². The van der Waals surface area contributed by atoms with Crippen LogP contribution in [0.25, 0.3) is 0 Å². The van der Waals surface area contributed by atoms with Crippen molar-refractivity contribution < 1.29 is 14.3 Å². The van der Waals surface area contributed by atoms with E-state index in [0.717, 1.165) is 15.3 Å². The summed E-state index contributed by atoms with van der Waals surface area (Å²) in [6.07, 6.45) is 0.569. The van der Waals surface area contributed by atoms with Crippen LogP contribution < -0.4 is 5.32 Å². The van der Waals surface area contributed by atoms with Crippen molar-refractivity contribution in [2.24, 2.45) is 0 Å². The van der Waals surface area contributed by atoms with E-state index in [1.54, 1.807) is 16.7 Å². The van der Waals surface area contributed by atoms with Crippen LogP contribution in [0.5, 0.6) is 0 Å². The average Bonchev–Trinajstić information content (AvgIpc) is 3.04. The van der Waals surface area contributed by atoms with Gasteiger partial charge < -0.3 is 15.0 Å². The summed E-state index contributed by atoms with van der Waals surface area (Å²) in [4.78, 5) is 27.7. The van der Waals surface area contributed by atoms with Gasteiger partial charge in [0.25, 0.3) is 0 Å². The van der Waals surface area contributed by atoms with Crippen LogP contribution in [0.1, 0.15) is 28.0 Å². The van der Waals surface area contributed by atoms with E-state index in [9.17, 15) is 14.9 Å². The van der Waals surface area contributed by atoms with Crippen molar-refractivity contribution in [1.29, 1.82) is 5.26 Å². The van der Waals surface area contributed by atoms with Gasteiger partial charge in [0.1, 0.15) is 11.1 Å². The van der Waals surface area contributed by atoms with Gasteiger partial charge in [-0.3, -0.25) is 4.79 Å². The van der Waals surface area contributed by atoms with Crippen LogP contribution in [0, 0.1) is 18.3 Å². The van der Waals surface area contributed by atoms with E-state index >= 15 is 0 Å². The van der Waals surface area contributed by atoms with Crippen LogP contribution in [0.3, 0.4) is 0 Å². The fourth-order valence-electron chi connectivity index (χ4n) is 2.98. The highest BCUT2D eigenvalue weighted by molar-refractivity contribution is 7.99. The normalized spacial score (nSPS) is 12.8. The summed E-state index contributed by atoms with van der Waals surface area (Å²) in [6.45, 7) is 2.95. The number of hydrogen-bond donors (Lipinski definition) is 1. The first kappa shape index (κ1) is 20.2. The second-order valence-electron chi connectivity index (χ2n) is 6.42. The summed E-state index contributed by atoms with van der Waals surface area (Å²) in [5, 5.41) is 13.0. The van der Waals surface area contributed by atoms with Gasteiger partial charge in [0, 0.05) is 28.5 Å². The van der Waals surface area contributed by atoms with Gasteiger partial charge in [-0.1, -0.05) is 17.7 Å². The number of methoxy groups -OCH3 is 1. The molecule has 0 saturated heterocycles. The molecule has 28 heavy (non-hydrogen) atoms. The maximum atomic E-state index is 12.3. The molecular formula is C20H21N3O3S2. The number of amides is 2. The van der Waals surface area contributed by atoms with Crippen LogP contribution >= 0.6 is 23.1 Å². The number of carbonyl (C=O) groups excluding carboxylic acids is 2. The van der Waals surface area contributed by atoms with Crippen LogP contribution in [0.4, 0.5) is 9.80 Å². The number of carbonyl (C=O) groups is 2. The highest BCUT2D eigenvalue weighted by Gasteiger charge is 2.27. The Balaban J connectivity index is 1.60. The standard InChI is InChI=1S/C20H21N3O3S2/c1-13-3-5-14(6-4-13)27-10-8-18(24)22-19-16(11-21)15-7-9-23(20(25)26-2)12-17(15)28-19/h3-6H,7-10,12H2,1-2H3,(H,22,24). The Morgan fingerprint density at radius 1 is 1.36 bits per heavy atom. The number of thioether (sulfide) groups is 1. The van der Waals surface area contributed by atoms with E-state index in [2.05, 4.69) is 23.5 Å². The van der Waals surface area contributed by atoms with Crippen molar-refractivity contribution in [3.8, 4) is 6.07 Å². The van der Waals surface area contributed by atoms with Gasteiger partial charge >= 0.3 is 6.09 Å². The van der Waals surface area contributed by atoms with Crippen molar-refractivity contribution in [2.45, 2.75) is 31.2 Å². The SMILES string of the molecule is COC(=O)N1CCc2c(sc(NC(=O)CCSc3ccc(C)cc3)c2C#N)C1. The molecule has 0 fully saturated rings. The van der Waals surface area contributed by atoms with Crippen molar-refractivity contribution in [2.75, 3.05) is 24.7 Å². The Morgan fingerprint density at radius 3 is 2.79 bits per heavy atom. The number of nitrogens with zero attached hydrogens (tertiary/aromatic N) is 2. The number of ether oxygens (including phenoxy) is 1. The fourth-order valence-corrected chi connectivity index (χ4v) is 5.06. The number of fused-ring (bicyclic) bond motifs is 1. The van der Waals surface area contributed by atoms with Crippen LogP contribution in [-0.2, 0) is 22.5 Å². The van der Waals surface area contributed by atoms with Gasteiger partial charge in [0.2, 0.25) is 5.91 Å². The summed E-state index contributed by atoms with van der Waals surface area (Å²) in [7, 11) is 1.35. The summed E-state index contributed by atoms with van der Waals surface area (Å²) >= 11 is 3.00. The second kappa shape index (κ2) is 9.13. The lowest BCUT2D eigenvalue weighted by Gasteiger charge is -2.25. The Morgan fingerprint density at radius 2 is 2.11 bits per heavy atom. The van der Waals surface area contributed by atoms with Crippen LogP contribution in [0.2, 0.25) is 0 Å². The fraction of sp³-hybridized carbons (Fsp3) is 0.350. The molecule has 0 spiro atoms. The molecule has 1 N–H and O–H groups in total. The smallest absolute Gasteiger partial charge is 0.409 e. The summed E-state index contributed by atoms with van der Waals surface area (Å²) in [5.41, 5.74) is 2.65. The first-order chi connectivity index (χ1) is 13.5. The zero-order valence-corrected chi connectivity index (χ0v) is 17.4. The number of hydrogen-bond acceptors (Lipinski definition) is 6. The highest BCUT2D eigenvalue weighted by atomic mass is 32.2. The summed E-state index contributed by atoms with van der Waals surface area (Å²) in [6, 6.07) is 10.4. The molecule has 6 nitrogen and oxygen atoms in total. The minimum Gasteiger partial charge on any atom is -0.453 e. The first-order valence-electron chi connectivity index (χ1n) is 8.88. The molecule has 0 bridgehead atoms. The van der Waals surface area contributed by atoms with Gasteiger partial charge in [-0.05, 0) is 31.0 Å². The van der Waals surface area contributed by atoms with Gasteiger partial charge in [0.05, 0.1) is 19.2 Å². The molecule has 0 atom stereocenters. The largest absolute Gasteiger partial charge is 0.453 e. The third-order valence-electron chi connectivity index (χ3n) is 4.47. The quantitative estimate of drug-likeness (QED) is 0.741. The molecule has 0 radical (unpaired) electrons. The number of nitrogens with one attached hydrogen (secondary N) is 1. The van der Waals surface area contributed by atoms with Crippen molar-refractivity contribution in [3.63, 3.8) is 0 Å². The molecular weight excluding hydrogens is 394 g/mol. The van der Waals surface area contributed by atoms with Crippen LogP contribution in [-0.4, -0.2) is 36.3 Å². The zero-order valence-electron chi connectivity index (χ0n) is 15.8. The molecule has 1 aliphatic rings. The number of aryl methyl sites for hydroxylation is 1. The monoisotopic (exact) mass is 415 g/mol. The highest BCUT2D eigenvalue weighted by Crippen LogP contribution is 2.37. The minimum atomic E-state index is -0.378. The zero-order chi connectivity index (χ0) is 20.1. The molecule has 0 unspecified atom stereocenters. The Labute approximate surface area is 172 Å². The van der Waals surface area contributed by atoms with Crippen LogP contribution in [0.15, 0.2) is 29.2 Å². The van der Waals surface area contributed by atoms with E-state index in [4.69, 9.17) is 4.74 Å². The number of rotatable bonds is 5. The molecule has 1 aromatic carbocycles. The molecule has 2 heterocycles. The Kier molecular flexibility index (Phi) is 6.60. The maximum absolute atomic E-state index is 12.3. The van der Waals surface area contributed by atoms with Gasteiger partial charge in [-0.15, -0.1) is 23.1 Å². The third-order valence-corrected chi connectivity index (χ3v) is 6.62. The third kappa shape index (κ3) is 4.66. The van der Waals surface area contributed by atoms with Crippen molar-refractivity contribution >= 4 is 40.1 Å². The molecule has 0 aliphatic carbocycles. The second-order valence-corrected chi connectivity index (χ2v) is 8.69. The van der Waals surface area contributed by atoms with E-state index in [0.29, 0.717) is 42.2 Å². The van der Waals surface area contributed by atoms with E-state index in [1.165, 1.54) is 24.0 Å². The average molecular weight is 416 g/mol. The van der Waals surface area contributed by atoms with Crippen molar-refractivity contribution in [3.05, 3.63) is 45.8 Å². The molecule has 146 valence electrons. The molecule has 3 rings (SSSR count). The van der Waals surface area contributed by atoms with Gasteiger partial charge in [0.15, 0.2) is 0 Å². The number of thiophene rings is 1. The molecule has 2 aromatic rings. The van der Waals surface area contributed by atoms with Gasteiger partial charge in [-0.25, -0.2) is 4.79 Å². The molecule has 2 amide bonds. The predicted octanol–water partition coefficient (Wildman–Crippen LogP) is 4.17. The van der Waals surface area contributed by atoms with E-state index in [1.807, 2.05) is 19.1 Å². The van der Waals surface area contributed by atoms with Gasteiger partial charge in [-0.2, -0.15) is 5.26 Å². The molecule has 1 aromatic heterocycles. The number of benzene rings is 1. The van der Waals surface area contributed by atoms with Crippen molar-refractivity contribution in [1.82, 2.24) is 4.90 Å². The summed E-state index contributed by atoms with van der Waals surface area (Å²) < 4.78 is 4.77. The number of nitriles is 1. The lowest BCUT2D eigenvalue weighted by atomic mass is 10.0. The topological polar surface area (TPSA) is 82.4 Å². The Bertz CT molecular complexity index is 916. The minimum absolute atomic E-state index is 0.112. The predicted molar refractivity (Wildman–Crippen MR) is 111 cm³/mol. The lowest BCUT2D eigenvalue weighted by Crippen LogP contribution is -2.35. The molecule has 1 aliphatic heterocycles. The lowest BCUT2D eigenvalue weighted by molar-refractivity contribution is -0.115. The first-order valence-corrected chi connectivity index (χ1v) is 10.7. The molecule has 8 heteroatoms.